The van der Waals surface area contributed by atoms with Gasteiger partial charge in [0, 0.05) is 18.4 Å². The van der Waals surface area contributed by atoms with E-state index in [9.17, 15) is 4.79 Å². The van der Waals surface area contributed by atoms with Crippen molar-refractivity contribution >= 4 is 17.5 Å². The summed E-state index contributed by atoms with van der Waals surface area (Å²) in [7, 11) is 0. The number of carbonyl (C=O) groups is 1. The third-order valence-electron chi connectivity index (χ3n) is 5.06. The number of para-hydroxylation sites is 1. The van der Waals surface area contributed by atoms with E-state index in [0.717, 1.165) is 30.8 Å². The fourth-order valence-corrected chi connectivity index (χ4v) is 3.90. The van der Waals surface area contributed by atoms with Gasteiger partial charge in [-0.2, -0.15) is 0 Å². The molecular weight excluding hydrogens is 312 g/mol. The number of benzene rings is 1. The average Bonchev–Trinajstić information content (AvgIpc) is 2.56. The molecule has 0 aromatic heterocycles. The van der Waals surface area contributed by atoms with Gasteiger partial charge in [0.1, 0.15) is 5.75 Å². The van der Waals surface area contributed by atoms with Gasteiger partial charge in [-0.05, 0) is 43.8 Å². The molecule has 2 aliphatic heterocycles. The minimum absolute atomic E-state index is 0.00479. The van der Waals surface area contributed by atoms with Crippen LogP contribution in [0.3, 0.4) is 0 Å². The molecule has 2 heterocycles. The maximum absolute atomic E-state index is 12.5. The number of nitrogens with one attached hydrogen (secondary N) is 2. The lowest BCUT2D eigenvalue weighted by molar-refractivity contribution is -0.123. The fraction of sp³-hybridized carbons (Fsp3) is 0.611. The first-order valence-electron chi connectivity index (χ1n) is 8.56. The zero-order chi connectivity index (χ0) is 16.2. The number of ether oxygens (including phenoxy) is 1. The number of hydrogen-bond donors (Lipinski definition) is 2. The Balaban J connectivity index is 1.59. The van der Waals surface area contributed by atoms with Crippen molar-refractivity contribution < 1.29 is 9.53 Å². The van der Waals surface area contributed by atoms with E-state index in [0.29, 0.717) is 29.9 Å². The van der Waals surface area contributed by atoms with Crippen molar-refractivity contribution in [2.45, 2.75) is 38.6 Å². The third-order valence-corrected chi connectivity index (χ3v) is 5.35. The number of hydrogen-bond acceptors (Lipinski definition) is 3. The van der Waals surface area contributed by atoms with Gasteiger partial charge in [0.25, 0.3) is 0 Å². The summed E-state index contributed by atoms with van der Waals surface area (Å²) in [5.74, 6) is 1.93. The van der Waals surface area contributed by atoms with Crippen molar-refractivity contribution in [3.63, 3.8) is 0 Å². The van der Waals surface area contributed by atoms with Crippen LogP contribution in [0.4, 0.5) is 0 Å². The number of carbonyl (C=O) groups excluding carboxylic acids is 1. The van der Waals surface area contributed by atoms with Crippen LogP contribution in [0.2, 0.25) is 5.02 Å². The lowest BCUT2D eigenvalue weighted by atomic mass is 9.84. The Bertz CT molecular complexity index is 558. The molecule has 0 spiro atoms. The van der Waals surface area contributed by atoms with Crippen LogP contribution in [0.25, 0.3) is 0 Å². The predicted octanol–water partition coefficient (Wildman–Crippen LogP) is 3.31. The Labute approximate surface area is 142 Å². The fourth-order valence-electron chi connectivity index (χ4n) is 3.66. The van der Waals surface area contributed by atoms with Gasteiger partial charge in [-0.15, -0.1) is 0 Å². The molecule has 1 aromatic carbocycles. The molecule has 1 amide bonds. The second kappa shape index (κ2) is 7.54. The minimum atomic E-state index is 0.00479. The largest absolute Gasteiger partial charge is 0.492 e. The first-order valence-corrected chi connectivity index (χ1v) is 8.94. The summed E-state index contributed by atoms with van der Waals surface area (Å²) < 4.78 is 5.65. The summed E-state index contributed by atoms with van der Waals surface area (Å²) >= 11 is 6.19. The SMILES string of the molecule is CC(CC(=O)NC1CCOc2c(Cl)cccc21)C1CCNCC1. The summed E-state index contributed by atoms with van der Waals surface area (Å²) in [6, 6.07) is 5.73. The Kier molecular flexibility index (Phi) is 5.44. The standard InChI is InChI=1S/C18H25ClN2O2/c1-12(13-5-8-20-9-6-13)11-17(22)21-16-7-10-23-18-14(16)3-2-4-15(18)19/h2-4,12-13,16,20H,5-11H2,1H3,(H,21,22). The van der Waals surface area contributed by atoms with Crippen molar-refractivity contribution in [2.75, 3.05) is 19.7 Å². The first kappa shape index (κ1) is 16.6. The number of rotatable bonds is 4. The Morgan fingerprint density at radius 3 is 2.96 bits per heavy atom. The molecule has 1 fully saturated rings. The molecule has 23 heavy (non-hydrogen) atoms. The molecule has 2 N–H and O–H groups in total. The predicted molar refractivity (Wildman–Crippen MR) is 91.8 cm³/mol. The van der Waals surface area contributed by atoms with Gasteiger partial charge in [0.15, 0.2) is 0 Å². The van der Waals surface area contributed by atoms with E-state index in [2.05, 4.69) is 17.6 Å². The molecule has 2 atom stereocenters. The minimum Gasteiger partial charge on any atom is -0.492 e. The second-order valence-electron chi connectivity index (χ2n) is 6.68. The zero-order valence-corrected chi connectivity index (χ0v) is 14.4. The molecule has 4 nitrogen and oxygen atoms in total. The van der Waals surface area contributed by atoms with Crippen LogP contribution in [-0.4, -0.2) is 25.6 Å². The van der Waals surface area contributed by atoms with E-state index < -0.39 is 0 Å². The highest BCUT2D eigenvalue weighted by molar-refractivity contribution is 6.32. The molecule has 0 radical (unpaired) electrons. The maximum Gasteiger partial charge on any atom is 0.220 e. The maximum atomic E-state index is 12.5. The number of fused-ring (bicyclic) bond motifs is 1. The Morgan fingerprint density at radius 2 is 2.17 bits per heavy atom. The van der Waals surface area contributed by atoms with E-state index in [1.54, 1.807) is 0 Å². The highest BCUT2D eigenvalue weighted by Crippen LogP contribution is 2.37. The summed E-state index contributed by atoms with van der Waals surface area (Å²) in [6.07, 6.45) is 3.73. The molecule has 0 saturated carbocycles. The Morgan fingerprint density at radius 1 is 1.39 bits per heavy atom. The molecule has 2 unspecified atom stereocenters. The summed E-state index contributed by atoms with van der Waals surface area (Å²) in [5, 5.41) is 7.17. The first-order chi connectivity index (χ1) is 11.1. The van der Waals surface area contributed by atoms with Crippen molar-refractivity contribution in [3.8, 4) is 5.75 Å². The van der Waals surface area contributed by atoms with Crippen molar-refractivity contribution in [3.05, 3.63) is 28.8 Å². The Hall–Kier alpha value is -1.26. The van der Waals surface area contributed by atoms with E-state index in [-0.39, 0.29) is 11.9 Å². The number of piperidine rings is 1. The molecule has 0 bridgehead atoms. The van der Waals surface area contributed by atoms with E-state index >= 15 is 0 Å². The number of halogens is 1. The molecule has 2 aliphatic rings. The zero-order valence-electron chi connectivity index (χ0n) is 13.6. The molecule has 126 valence electrons. The van der Waals surface area contributed by atoms with Crippen LogP contribution in [0, 0.1) is 11.8 Å². The smallest absolute Gasteiger partial charge is 0.220 e. The quantitative estimate of drug-likeness (QED) is 0.887. The van der Waals surface area contributed by atoms with Gasteiger partial charge in [0.05, 0.1) is 17.7 Å². The van der Waals surface area contributed by atoms with Crippen LogP contribution in [0.1, 0.15) is 44.2 Å². The lowest BCUT2D eigenvalue weighted by Gasteiger charge is -2.30. The summed E-state index contributed by atoms with van der Waals surface area (Å²) in [6.45, 7) is 4.93. The average molecular weight is 337 g/mol. The van der Waals surface area contributed by atoms with Crippen molar-refractivity contribution in [1.82, 2.24) is 10.6 Å². The summed E-state index contributed by atoms with van der Waals surface area (Å²) in [5.41, 5.74) is 0.992. The van der Waals surface area contributed by atoms with Gasteiger partial charge in [-0.25, -0.2) is 0 Å². The van der Waals surface area contributed by atoms with E-state index in [4.69, 9.17) is 16.3 Å². The van der Waals surface area contributed by atoms with Gasteiger partial charge < -0.3 is 15.4 Å². The highest BCUT2D eigenvalue weighted by Gasteiger charge is 2.27. The van der Waals surface area contributed by atoms with Gasteiger partial charge in [0.2, 0.25) is 5.91 Å². The molecular formula is C18H25ClN2O2. The normalized spacial score (nSPS) is 22.8. The monoisotopic (exact) mass is 336 g/mol. The molecule has 1 saturated heterocycles. The highest BCUT2D eigenvalue weighted by atomic mass is 35.5. The van der Waals surface area contributed by atoms with Crippen LogP contribution < -0.4 is 15.4 Å². The molecule has 1 aromatic rings. The van der Waals surface area contributed by atoms with Gasteiger partial charge >= 0.3 is 0 Å². The van der Waals surface area contributed by atoms with E-state index in [1.165, 1.54) is 12.8 Å². The molecule has 3 rings (SSSR count). The molecule has 5 heteroatoms. The van der Waals surface area contributed by atoms with Gasteiger partial charge in [-0.1, -0.05) is 30.7 Å². The van der Waals surface area contributed by atoms with Gasteiger partial charge in [-0.3, -0.25) is 4.79 Å². The second-order valence-corrected chi connectivity index (χ2v) is 7.09. The lowest BCUT2D eigenvalue weighted by Crippen LogP contribution is -2.36. The van der Waals surface area contributed by atoms with Crippen LogP contribution in [-0.2, 0) is 4.79 Å². The van der Waals surface area contributed by atoms with Crippen LogP contribution in [0.15, 0.2) is 18.2 Å². The summed E-state index contributed by atoms with van der Waals surface area (Å²) in [4.78, 5) is 12.5. The van der Waals surface area contributed by atoms with Crippen LogP contribution >= 0.6 is 11.6 Å². The number of amides is 1. The van der Waals surface area contributed by atoms with Crippen molar-refractivity contribution in [1.29, 1.82) is 0 Å². The molecule has 0 aliphatic carbocycles. The topological polar surface area (TPSA) is 50.4 Å². The third kappa shape index (κ3) is 3.99. The van der Waals surface area contributed by atoms with Crippen molar-refractivity contribution in [2.24, 2.45) is 11.8 Å². The van der Waals surface area contributed by atoms with E-state index in [1.807, 2.05) is 18.2 Å². The van der Waals surface area contributed by atoms with Crippen LogP contribution in [0.5, 0.6) is 5.75 Å².